The van der Waals surface area contributed by atoms with E-state index in [1.54, 1.807) is 0 Å². The van der Waals surface area contributed by atoms with E-state index in [4.69, 9.17) is 5.73 Å². The maximum Gasteiger partial charge on any atom is 0.269 e. The molecule has 2 aliphatic rings. The van der Waals surface area contributed by atoms with E-state index in [-0.39, 0.29) is 6.04 Å². The zero-order valence-electron chi connectivity index (χ0n) is 17.6. The molecule has 11 heteroatoms. The number of nitrogens with one attached hydrogen (secondary N) is 1. The number of aromatic nitrogens is 2. The Balaban J connectivity index is 1.79. The minimum atomic E-state index is -3.20. The molecule has 0 spiro atoms. The standard InChI is InChI=1S/C20H29F2N5O3S/c1-31(29,30)27-8-6-15(7-9-27)25-20-24-12-14(11-16(18(21)22)19(23)28)17(26-20)10-13-4-2-3-5-13/h11-13,15,18H,2-10H2,1H3,(H2,23,28)(H,24,25,26)/b16-11-. The monoisotopic (exact) mass is 457 g/mol. The van der Waals surface area contributed by atoms with Gasteiger partial charge in [0.1, 0.15) is 0 Å². The van der Waals surface area contributed by atoms with E-state index >= 15 is 0 Å². The van der Waals surface area contributed by atoms with Crippen LogP contribution in [0.5, 0.6) is 0 Å². The third-order valence-electron chi connectivity index (χ3n) is 5.94. The van der Waals surface area contributed by atoms with E-state index in [0.717, 1.165) is 31.8 Å². The summed E-state index contributed by atoms with van der Waals surface area (Å²) in [7, 11) is -3.20. The summed E-state index contributed by atoms with van der Waals surface area (Å²) in [5.74, 6) is -0.376. The van der Waals surface area contributed by atoms with Gasteiger partial charge >= 0.3 is 0 Å². The zero-order valence-corrected chi connectivity index (χ0v) is 18.4. The number of nitrogens with two attached hydrogens (primary N) is 1. The summed E-state index contributed by atoms with van der Waals surface area (Å²) < 4.78 is 51.2. The lowest BCUT2D eigenvalue weighted by atomic mass is 9.98. The molecule has 1 aliphatic heterocycles. The average molecular weight is 458 g/mol. The van der Waals surface area contributed by atoms with Gasteiger partial charge in [0.15, 0.2) is 0 Å². The molecule has 1 aromatic heterocycles. The number of alkyl halides is 2. The van der Waals surface area contributed by atoms with E-state index in [1.807, 2.05) is 0 Å². The Morgan fingerprint density at radius 2 is 1.94 bits per heavy atom. The third-order valence-corrected chi connectivity index (χ3v) is 7.25. The average Bonchev–Trinajstić information content (AvgIpc) is 3.19. The van der Waals surface area contributed by atoms with Crippen molar-refractivity contribution in [1.29, 1.82) is 0 Å². The number of hydrogen-bond donors (Lipinski definition) is 2. The van der Waals surface area contributed by atoms with E-state index in [2.05, 4.69) is 15.3 Å². The van der Waals surface area contributed by atoms with Crippen LogP contribution in [-0.2, 0) is 21.2 Å². The van der Waals surface area contributed by atoms with E-state index < -0.39 is 27.9 Å². The molecule has 8 nitrogen and oxygen atoms in total. The minimum absolute atomic E-state index is 0.0148. The van der Waals surface area contributed by atoms with Crippen LogP contribution in [0.15, 0.2) is 11.8 Å². The number of piperidine rings is 1. The second-order valence-electron chi connectivity index (χ2n) is 8.30. The number of sulfonamides is 1. The first-order valence-corrected chi connectivity index (χ1v) is 12.4. The summed E-state index contributed by atoms with van der Waals surface area (Å²) in [4.78, 5) is 20.2. The molecule has 2 heterocycles. The van der Waals surface area contributed by atoms with Crippen LogP contribution in [0, 0.1) is 5.92 Å². The largest absolute Gasteiger partial charge is 0.366 e. The molecule has 0 radical (unpaired) electrons. The van der Waals surface area contributed by atoms with Crippen LogP contribution in [0.1, 0.15) is 49.8 Å². The maximum absolute atomic E-state index is 13.2. The van der Waals surface area contributed by atoms with Crippen molar-refractivity contribution in [2.45, 2.75) is 57.4 Å². The fourth-order valence-corrected chi connectivity index (χ4v) is 5.07. The number of primary amides is 1. The number of anilines is 1. The first-order chi connectivity index (χ1) is 14.6. The van der Waals surface area contributed by atoms with E-state index in [1.165, 1.54) is 16.8 Å². The van der Waals surface area contributed by atoms with Crippen LogP contribution in [0.3, 0.4) is 0 Å². The molecule has 0 unspecified atom stereocenters. The molecular formula is C20H29F2N5O3S. The molecule has 0 atom stereocenters. The van der Waals surface area contributed by atoms with Crippen LogP contribution in [0.2, 0.25) is 0 Å². The lowest BCUT2D eigenvalue weighted by Gasteiger charge is -2.30. The first kappa shape index (κ1) is 23.5. The summed E-state index contributed by atoms with van der Waals surface area (Å²) in [5, 5.41) is 3.24. The van der Waals surface area contributed by atoms with Crippen molar-refractivity contribution in [1.82, 2.24) is 14.3 Å². The van der Waals surface area contributed by atoms with Gasteiger partial charge in [-0.25, -0.2) is 31.5 Å². The van der Waals surface area contributed by atoms with Gasteiger partial charge in [0.25, 0.3) is 6.43 Å². The number of amides is 1. The second-order valence-corrected chi connectivity index (χ2v) is 10.3. The smallest absolute Gasteiger partial charge is 0.269 e. The van der Waals surface area contributed by atoms with Crippen LogP contribution in [0.25, 0.3) is 6.08 Å². The fourth-order valence-electron chi connectivity index (χ4n) is 4.19. The van der Waals surface area contributed by atoms with Crippen molar-refractivity contribution in [3.8, 4) is 0 Å². The van der Waals surface area contributed by atoms with Crippen molar-refractivity contribution < 1.29 is 22.0 Å². The Morgan fingerprint density at radius 1 is 1.29 bits per heavy atom. The number of carbonyl (C=O) groups excluding carboxylic acids is 1. The highest BCUT2D eigenvalue weighted by Gasteiger charge is 2.26. The van der Waals surface area contributed by atoms with E-state index in [0.29, 0.717) is 55.5 Å². The number of carbonyl (C=O) groups is 1. The Morgan fingerprint density at radius 3 is 2.48 bits per heavy atom. The Bertz CT molecular complexity index is 925. The molecule has 0 aromatic carbocycles. The highest BCUT2D eigenvalue weighted by atomic mass is 32.2. The summed E-state index contributed by atoms with van der Waals surface area (Å²) in [5.41, 5.74) is 5.33. The second kappa shape index (κ2) is 9.99. The van der Waals surface area contributed by atoms with Crippen molar-refractivity contribution in [3.63, 3.8) is 0 Å². The van der Waals surface area contributed by atoms with Gasteiger partial charge in [-0.15, -0.1) is 0 Å². The molecular weight excluding hydrogens is 428 g/mol. The van der Waals surface area contributed by atoms with Gasteiger partial charge in [0.2, 0.25) is 21.9 Å². The number of halogens is 2. The predicted octanol–water partition coefficient (Wildman–Crippen LogP) is 2.18. The molecule has 1 amide bonds. The zero-order chi connectivity index (χ0) is 22.6. The summed E-state index contributed by atoms with van der Waals surface area (Å²) in [6.07, 6.45) is 6.98. The molecule has 1 saturated heterocycles. The highest BCUT2D eigenvalue weighted by Crippen LogP contribution is 2.29. The van der Waals surface area contributed by atoms with Gasteiger partial charge in [0.05, 0.1) is 17.5 Å². The van der Waals surface area contributed by atoms with Crippen molar-refractivity contribution in [2.75, 3.05) is 24.7 Å². The molecule has 172 valence electrons. The Labute approximate surface area is 181 Å². The fraction of sp³-hybridized carbons (Fsp3) is 0.650. The maximum atomic E-state index is 13.2. The molecule has 1 aromatic rings. The lowest BCUT2D eigenvalue weighted by Crippen LogP contribution is -2.42. The highest BCUT2D eigenvalue weighted by molar-refractivity contribution is 7.88. The van der Waals surface area contributed by atoms with Crippen molar-refractivity contribution in [2.24, 2.45) is 11.7 Å². The summed E-state index contributed by atoms with van der Waals surface area (Å²) in [6, 6.07) is 0.0148. The lowest BCUT2D eigenvalue weighted by molar-refractivity contribution is -0.115. The van der Waals surface area contributed by atoms with Gasteiger partial charge in [0, 0.05) is 30.9 Å². The minimum Gasteiger partial charge on any atom is -0.366 e. The van der Waals surface area contributed by atoms with E-state index in [9.17, 15) is 22.0 Å². The number of nitrogens with zero attached hydrogens (tertiary/aromatic N) is 3. The predicted molar refractivity (Wildman–Crippen MR) is 114 cm³/mol. The summed E-state index contributed by atoms with van der Waals surface area (Å²) >= 11 is 0. The summed E-state index contributed by atoms with van der Waals surface area (Å²) in [6.45, 7) is 0.839. The Kier molecular flexibility index (Phi) is 7.58. The Hall–Kier alpha value is -2.14. The van der Waals surface area contributed by atoms with Crippen LogP contribution in [-0.4, -0.2) is 60.4 Å². The topological polar surface area (TPSA) is 118 Å². The quantitative estimate of drug-likeness (QED) is 0.578. The number of rotatable bonds is 8. The van der Waals surface area contributed by atoms with Crippen LogP contribution >= 0.6 is 0 Å². The van der Waals surface area contributed by atoms with Gasteiger partial charge in [-0.1, -0.05) is 25.7 Å². The number of hydrogen-bond acceptors (Lipinski definition) is 6. The molecule has 3 N–H and O–H groups in total. The van der Waals surface area contributed by atoms with Crippen LogP contribution < -0.4 is 11.1 Å². The SMILES string of the molecule is CS(=O)(=O)N1CCC(Nc2ncc(/C=C(\C(N)=O)C(F)F)c(CC3CCCC3)n2)CC1. The van der Waals surface area contributed by atoms with Crippen LogP contribution in [0.4, 0.5) is 14.7 Å². The first-order valence-electron chi connectivity index (χ1n) is 10.5. The van der Waals surface area contributed by atoms with Gasteiger partial charge < -0.3 is 11.1 Å². The molecule has 0 bridgehead atoms. The molecule has 31 heavy (non-hydrogen) atoms. The van der Waals surface area contributed by atoms with Gasteiger partial charge in [-0.3, -0.25) is 4.79 Å². The van der Waals surface area contributed by atoms with Gasteiger partial charge in [-0.2, -0.15) is 0 Å². The third kappa shape index (κ3) is 6.42. The molecule has 2 fully saturated rings. The van der Waals surface area contributed by atoms with Crippen molar-refractivity contribution >= 4 is 28.0 Å². The normalized spacial score (nSPS) is 19.8. The molecule has 1 aliphatic carbocycles. The molecule has 3 rings (SSSR count). The van der Waals surface area contributed by atoms with Gasteiger partial charge in [-0.05, 0) is 31.3 Å². The van der Waals surface area contributed by atoms with Crippen molar-refractivity contribution in [3.05, 3.63) is 23.0 Å². The molecule has 1 saturated carbocycles.